The predicted octanol–water partition coefficient (Wildman–Crippen LogP) is 3.93. The molecule has 3 nitrogen and oxygen atoms in total. The summed E-state index contributed by atoms with van der Waals surface area (Å²) in [6.07, 6.45) is 1.17. The lowest BCUT2D eigenvalue weighted by Gasteiger charge is -2.23. The van der Waals surface area contributed by atoms with E-state index in [1.165, 1.54) is 12.0 Å². The predicted molar refractivity (Wildman–Crippen MR) is 84.5 cm³/mol. The molecule has 0 bridgehead atoms. The summed E-state index contributed by atoms with van der Waals surface area (Å²) in [5, 5.41) is 4.42. The van der Waals surface area contributed by atoms with Crippen molar-refractivity contribution in [2.45, 2.75) is 33.2 Å². The van der Waals surface area contributed by atoms with E-state index in [0.29, 0.717) is 12.0 Å². The summed E-state index contributed by atoms with van der Waals surface area (Å²) in [6, 6.07) is 6.57. The van der Waals surface area contributed by atoms with Crippen LogP contribution >= 0.6 is 11.8 Å². The smallest absolute Gasteiger partial charge is 0.161 e. The number of hydrogen-bond donors (Lipinski definition) is 1. The molecule has 0 aliphatic carbocycles. The first-order valence-corrected chi connectivity index (χ1v) is 7.71. The molecule has 0 amide bonds. The van der Waals surface area contributed by atoms with E-state index >= 15 is 0 Å². The molecule has 0 spiro atoms. The van der Waals surface area contributed by atoms with Crippen LogP contribution in [0, 0.1) is 12.8 Å². The number of anilines is 1. The summed E-state index contributed by atoms with van der Waals surface area (Å²) >= 11 is 1.79. The van der Waals surface area contributed by atoms with Gasteiger partial charge in [0, 0.05) is 5.75 Å². The van der Waals surface area contributed by atoms with Crippen LogP contribution in [0.3, 0.4) is 0 Å². The van der Waals surface area contributed by atoms with Gasteiger partial charge in [0.05, 0.1) is 18.8 Å². The van der Waals surface area contributed by atoms with Gasteiger partial charge in [0.2, 0.25) is 0 Å². The fraction of sp³-hybridized carbons (Fsp3) is 0.533. The highest BCUT2D eigenvalue weighted by Gasteiger charge is 2.19. The van der Waals surface area contributed by atoms with Gasteiger partial charge in [-0.25, -0.2) is 0 Å². The normalized spacial score (nSPS) is 19.2. The Balaban J connectivity index is 2.18. The lowest BCUT2D eigenvalue weighted by Crippen LogP contribution is -2.24. The lowest BCUT2D eigenvalue weighted by atomic mass is 10.0. The van der Waals surface area contributed by atoms with Crippen LogP contribution in [-0.2, 0) is 0 Å². The molecule has 0 radical (unpaired) electrons. The molecule has 19 heavy (non-hydrogen) atoms. The first-order valence-electron chi connectivity index (χ1n) is 6.72. The summed E-state index contributed by atoms with van der Waals surface area (Å²) < 4.78 is 5.39. The molecule has 1 aliphatic rings. The number of methoxy groups -OCH3 is 1. The van der Waals surface area contributed by atoms with Crippen molar-refractivity contribution in [1.29, 1.82) is 0 Å². The fourth-order valence-electron chi connectivity index (χ4n) is 2.11. The zero-order valence-electron chi connectivity index (χ0n) is 12.1. The first-order chi connectivity index (χ1) is 9.10. The minimum Gasteiger partial charge on any atom is -0.495 e. The maximum atomic E-state index is 5.39. The Kier molecular flexibility index (Phi) is 4.75. The van der Waals surface area contributed by atoms with Crippen LogP contribution in [0.4, 0.5) is 5.69 Å². The third kappa shape index (κ3) is 3.66. The van der Waals surface area contributed by atoms with Gasteiger partial charge >= 0.3 is 0 Å². The molecule has 1 aliphatic heterocycles. The SMILES string of the molecule is COc1ccc(C)cc1NC1=NC(C(C)C)CCS1. The van der Waals surface area contributed by atoms with Crippen molar-refractivity contribution in [1.82, 2.24) is 0 Å². The van der Waals surface area contributed by atoms with Crippen LogP contribution in [0.1, 0.15) is 25.8 Å². The fourth-order valence-corrected chi connectivity index (χ4v) is 3.06. The van der Waals surface area contributed by atoms with Crippen LogP contribution in [0.15, 0.2) is 23.2 Å². The Morgan fingerprint density at radius 3 is 2.89 bits per heavy atom. The van der Waals surface area contributed by atoms with E-state index in [2.05, 4.69) is 38.2 Å². The number of benzene rings is 1. The molecule has 1 unspecified atom stereocenters. The largest absolute Gasteiger partial charge is 0.495 e. The molecule has 1 N–H and O–H groups in total. The molecule has 104 valence electrons. The number of rotatable bonds is 3. The van der Waals surface area contributed by atoms with Crippen LogP contribution < -0.4 is 10.1 Å². The van der Waals surface area contributed by atoms with Gasteiger partial charge in [-0.3, -0.25) is 4.99 Å². The standard InChI is InChI=1S/C15H22N2OS/c1-10(2)12-7-8-19-15(16-12)17-13-9-11(3)5-6-14(13)18-4/h5-6,9-10,12H,7-8H2,1-4H3,(H,16,17). The van der Waals surface area contributed by atoms with Gasteiger partial charge in [-0.2, -0.15) is 0 Å². The quantitative estimate of drug-likeness (QED) is 0.909. The van der Waals surface area contributed by atoms with Crippen molar-refractivity contribution in [2.24, 2.45) is 10.9 Å². The van der Waals surface area contributed by atoms with Crippen molar-refractivity contribution >= 4 is 22.6 Å². The molecule has 1 heterocycles. The van der Waals surface area contributed by atoms with Gasteiger partial charge in [0.25, 0.3) is 0 Å². The Bertz CT molecular complexity index is 471. The molecule has 0 fully saturated rings. The maximum absolute atomic E-state index is 5.39. The van der Waals surface area contributed by atoms with Crippen molar-refractivity contribution in [3.05, 3.63) is 23.8 Å². The number of nitrogens with zero attached hydrogens (tertiary/aromatic N) is 1. The summed E-state index contributed by atoms with van der Waals surface area (Å²) in [6.45, 7) is 6.54. The Labute approximate surface area is 119 Å². The number of hydrogen-bond acceptors (Lipinski definition) is 4. The van der Waals surface area contributed by atoms with Crippen molar-refractivity contribution in [3.63, 3.8) is 0 Å². The highest BCUT2D eigenvalue weighted by Crippen LogP contribution is 2.29. The molecule has 1 aromatic carbocycles. The van der Waals surface area contributed by atoms with E-state index < -0.39 is 0 Å². The monoisotopic (exact) mass is 278 g/mol. The average molecular weight is 278 g/mol. The van der Waals surface area contributed by atoms with E-state index in [1.807, 2.05) is 6.07 Å². The molecule has 0 saturated heterocycles. The minimum atomic E-state index is 0.430. The van der Waals surface area contributed by atoms with Crippen LogP contribution in [0.25, 0.3) is 0 Å². The number of thioether (sulfide) groups is 1. The summed E-state index contributed by atoms with van der Waals surface area (Å²) in [4.78, 5) is 4.79. The Morgan fingerprint density at radius 2 is 2.21 bits per heavy atom. The molecule has 1 atom stereocenters. The molecule has 2 rings (SSSR count). The van der Waals surface area contributed by atoms with Gasteiger partial charge in [0.15, 0.2) is 5.17 Å². The number of aryl methyl sites for hydroxylation is 1. The first kappa shape index (κ1) is 14.3. The number of aliphatic imine (C=N–C) groups is 1. The van der Waals surface area contributed by atoms with Gasteiger partial charge in [-0.1, -0.05) is 31.7 Å². The van der Waals surface area contributed by atoms with E-state index in [1.54, 1.807) is 18.9 Å². The van der Waals surface area contributed by atoms with Crippen molar-refractivity contribution in [2.75, 3.05) is 18.2 Å². The zero-order chi connectivity index (χ0) is 13.8. The Morgan fingerprint density at radius 1 is 1.42 bits per heavy atom. The highest BCUT2D eigenvalue weighted by molar-refractivity contribution is 8.14. The molecule has 4 heteroatoms. The number of nitrogens with one attached hydrogen (secondary N) is 1. The second kappa shape index (κ2) is 6.33. The van der Waals surface area contributed by atoms with Gasteiger partial charge in [-0.05, 0) is 37.0 Å². The number of amidine groups is 1. The third-order valence-electron chi connectivity index (χ3n) is 3.30. The molecule has 0 aromatic heterocycles. The van der Waals surface area contributed by atoms with Gasteiger partial charge in [-0.15, -0.1) is 0 Å². The van der Waals surface area contributed by atoms with E-state index in [4.69, 9.17) is 9.73 Å². The van der Waals surface area contributed by atoms with E-state index in [-0.39, 0.29) is 0 Å². The molecule has 0 saturated carbocycles. The zero-order valence-corrected chi connectivity index (χ0v) is 12.9. The van der Waals surface area contributed by atoms with Crippen molar-refractivity contribution in [3.8, 4) is 5.75 Å². The third-order valence-corrected chi connectivity index (χ3v) is 4.22. The minimum absolute atomic E-state index is 0.430. The number of ether oxygens (including phenoxy) is 1. The second-order valence-corrected chi connectivity index (χ2v) is 6.30. The summed E-state index contributed by atoms with van der Waals surface area (Å²) in [5.74, 6) is 2.58. The van der Waals surface area contributed by atoms with Gasteiger partial charge in [0.1, 0.15) is 5.75 Å². The summed E-state index contributed by atoms with van der Waals surface area (Å²) in [7, 11) is 1.70. The lowest BCUT2D eigenvalue weighted by molar-refractivity contribution is 0.417. The molecular weight excluding hydrogens is 256 g/mol. The van der Waals surface area contributed by atoms with E-state index in [0.717, 1.165) is 22.4 Å². The van der Waals surface area contributed by atoms with Crippen molar-refractivity contribution < 1.29 is 4.74 Å². The van der Waals surface area contributed by atoms with Crippen LogP contribution in [-0.4, -0.2) is 24.1 Å². The molecule has 1 aromatic rings. The summed E-state index contributed by atoms with van der Waals surface area (Å²) in [5.41, 5.74) is 2.21. The molecular formula is C15H22N2OS. The van der Waals surface area contributed by atoms with Crippen LogP contribution in [0.2, 0.25) is 0 Å². The average Bonchev–Trinajstić information content (AvgIpc) is 2.39. The van der Waals surface area contributed by atoms with Crippen LogP contribution in [0.5, 0.6) is 5.75 Å². The second-order valence-electron chi connectivity index (χ2n) is 5.21. The van der Waals surface area contributed by atoms with Gasteiger partial charge < -0.3 is 10.1 Å². The van der Waals surface area contributed by atoms with E-state index in [9.17, 15) is 0 Å². The highest BCUT2D eigenvalue weighted by atomic mass is 32.2. The Hall–Kier alpha value is -1.16. The topological polar surface area (TPSA) is 33.6 Å². The maximum Gasteiger partial charge on any atom is 0.161 e.